The van der Waals surface area contributed by atoms with Crippen molar-refractivity contribution in [1.82, 2.24) is 5.32 Å². The largest absolute Gasteiger partial charge is 0.369 e. The zero-order valence-electron chi connectivity index (χ0n) is 6.29. The lowest BCUT2D eigenvalue weighted by Crippen LogP contribution is -2.18. The third-order valence-electron chi connectivity index (χ3n) is 1.86. The number of hydrogen-bond acceptors (Lipinski definition) is 2. The molecule has 0 spiro atoms. The molecule has 0 radical (unpaired) electrons. The molecular weight excluding hydrogens is 174 g/mol. The van der Waals surface area contributed by atoms with Gasteiger partial charge in [0.05, 0.1) is 0 Å². The first-order valence-electron chi connectivity index (χ1n) is 3.67. The van der Waals surface area contributed by atoms with Crippen LogP contribution < -0.4 is 5.32 Å². The number of nitrogens with one attached hydrogen (secondary N) is 1. The summed E-state index contributed by atoms with van der Waals surface area (Å²) in [6.45, 7) is 0. The van der Waals surface area contributed by atoms with E-state index >= 15 is 0 Å². The second-order valence-corrected chi connectivity index (χ2v) is 3.11. The molecule has 2 rings (SSSR count). The van der Waals surface area contributed by atoms with Gasteiger partial charge in [-0.25, -0.2) is 0 Å². The normalized spacial score (nSPS) is 20.0. The fourth-order valence-electron chi connectivity index (χ4n) is 1.25. The molecule has 12 heavy (non-hydrogen) atoms. The molecule has 1 aliphatic heterocycles. The van der Waals surface area contributed by atoms with Crippen LogP contribution >= 0.6 is 11.6 Å². The summed E-state index contributed by atoms with van der Waals surface area (Å²) in [4.78, 5) is 0. The maximum absolute atomic E-state index is 9.46. The van der Waals surface area contributed by atoms with Crippen LogP contribution in [-0.4, -0.2) is 5.11 Å². The van der Waals surface area contributed by atoms with E-state index in [2.05, 4.69) is 5.32 Å². The van der Waals surface area contributed by atoms with Crippen LogP contribution in [0.15, 0.2) is 24.4 Å². The van der Waals surface area contributed by atoms with Crippen molar-refractivity contribution in [3.05, 3.63) is 40.5 Å². The van der Waals surface area contributed by atoms with Gasteiger partial charge in [-0.05, 0) is 30.0 Å². The molecular formula is C9H8ClNO. The molecule has 2 nitrogen and oxygen atoms in total. The molecule has 1 aromatic rings. The van der Waals surface area contributed by atoms with E-state index in [-0.39, 0.29) is 0 Å². The highest BCUT2D eigenvalue weighted by molar-refractivity contribution is 6.30. The molecule has 1 heterocycles. The Labute approximate surface area is 75.5 Å². The molecule has 0 saturated carbocycles. The number of fused-ring (bicyclic) bond motifs is 1. The summed E-state index contributed by atoms with van der Waals surface area (Å²) >= 11 is 5.78. The number of hydrogen-bond donors (Lipinski definition) is 2. The molecule has 0 saturated heterocycles. The Bertz CT molecular complexity index is 335. The first-order valence-corrected chi connectivity index (χ1v) is 4.05. The SMILES string of the molecule is OC1NC=Cc2ccc(Cl)cc21. The van der Waals surface area contributed by atoms with Crippen LogP contribution in [0.5, 0.6) is 0 Å². The van der Waals surface area contributed by atoms with Crippen molar-refractivity contribution >= 4 is 17.7 Å². The highest BCUT2D eigenvalue weighted by atomic mass is 35.5. The topological polar surface area (TPSA) is 32.3 Å². The molecule has 2 N–H and O–H groups in total. The Morgan fingerprint density at radius 2 is 2.25 bits per heavy atom. The van der Waals surface area contributed by atoms with Crippen LogP contribution in [0, 0.1) is 0 Å². The predicted molar refractivity (Wildman–Crippen MR) is 48.6 cm³/mol. The Morgan fingerprint density at radius 3 is 3.08 bits per heavy atom. The molecule has 62 valence electrons. The summed E-state index contributed by atoms with van der Waals surface area (Å²) in [7, 11) is 0. The van der Waals surface area contributed by atoms with E-state index in [1.165, 1.54) is 0 Å². The third kappa shape index (κ3) is 1.19. The molecule has 3 heteroatoms. The number of aliphatic hydroxyl groups is 1. The van der Waals surface area contributed by atoms with Gasteiger partial charge in [-0.15, -0.1) is 0 Å². The van der Waals surface area contributed by atoms with Crippen LogP contribution in [0.4, 0.5) is 0 Å². The van der Waals surface area contributed by atoms with Crippen LogP contribution in [0.3, 0.4) is 0 Å². The zero-order chi connectivity index (χ0) is 8.55. The summed E-state index contributed by atoms with van der Waals surface area (Å²) in [5.41, 5.74) is 1.83. The fraction of sp³-hybridized carbons (Fsp3) is 0.111. The average Bonchev–Trinajstić information content (AvgIpc) is 2.07. The van der Waals surface area contributed by atoms with Gasteiger partial charge in [-0.1, -0.05) is 17.7 Å². The van der Waals surface area contributed by atoms with E-state index in [0.717, 1.165) is 11.1 Å². The molecule has 1 aliphatic rings. The summed E-state index contributed by atoms with van der Waals surface area (Å²) < 4.78 is 0. The average molecular weight is 182 g/mol. The smallest absolute Gasteiger partial charge is 0.151 e. The Morgan fingerprint density at radius 1 is 1.42 bits per heavy atom. The number of aliphatic hydroxyl groups excluding tert-OH is 1. The summed E-state index contributed by atoms with van der Waals surface area (Å²) in [5, 5.41) is 12.9. The van der Waals surface area contributed by atoms with Crippen molar-refractivity contribution in [2.45, 2.75) is 6.23 Å². The maximum atomic E-state index is 9.46. The lowest BCUT2D eigenvalue weighted by molar-refractivity contribution is 0.154. The van der Waals surface area contributed by atoms with Crippen LogP contribution in [-0.2, 0) is 0 Å². The van der Waals surface area contributed by atoms with Gasteiger partial charge in [0.1, 0.15) is 0 Å². The van der Waals surface area contributed by atoms with Crippen LogP contribution in [0.2, 0.25) is 5.02 Å². The molecule has 0 bridgehead atoms. The molecule has 0 fully saturated rings. The summed E-state index contributed by atoms with van der Waals surface area (Å²) in [5.74, 6) is 0. The molecule has 0 amide bonds. The van der Waals surface area contributed by atoms with Gasteiger partial charge in [-0.3, -0.25) is 0 Å². The molecule has 1 unspecified atom stereocenters. The number of benzene rings is 1. The van der Waals surface area contributed by atoms with E-state index in [1.807, 2.05) is 18.2 Å². The fourth-order valence-corrected chi connectivity index (χ4v) is 1.43. The Balaban J connectivity index is 2.56. The van der Waals surface area contributed by atoms with Crippen LogP contribution in [0.25, 0.3) is 6.08 Å². The maximum Gasteiger partial charge on any atom is 0.151 e. The van der Waals surface area contributed by atoms with Gasteiger partial charge < -0.3 is 10.4 Å². The zero-order valence-corrected chi connectivity index (χ0v) is 7.05. The first-order chi connectivity index (χ1) is 5.77. The van der Waals surface area contributed by atoms with Crippen molar-refractivity contribution in [2.75, 3.05) is 0 Å². The van der Waals surface area contributed by atoms with Crippen molar-refractivity contribution in [3.63, 3.8) is 0 Å². The lowest BCUT2D eigenvalue weighted by atomic mass is 10.0. The minimum absolute atomic E-state index is 0.635. The lowest BCUT2D eigenvalue weighted by Gasteiger charge is -2.18. The van der Waals surface area contributed by atoms with Gasteiger partial charge in [0, 0.05) is 10.6 Å². The predicted octanol–water partition coefficient (Wildman–Crippen LogP) is 1.90. The first kappa shape index (κ1) is 7.65. The van der Waals surface area contributed by atoms with E-state index in [9.17, 15) is 5.11 Å². The second kappa shape index (κ2) is 2.81. The van der Waals surface area contributed by atoms with E-state index < -0.39 is 6.23 Å². The van der Waals surface area contributed by atoms with Crippen LogP contribution in [0.1, 0.15) is 17.4 Å². The summed E-state index contributed by atoms with van der Waals surface area (Å²) in [6.07, 6.45) is 2.99. The highest BCUT2D eigenvalue weighted by Gasteiger charge is 2.12. The summed E-state index contributed by atoms with van der Waals surface area (Å²) in [6, 6.07) is 5.46. The molecule has 1 aromatic carbocycles. The van der Waals surface area contributed by atoms with E-state index in [4.69, 9.17) is 11.6 Å². The number of halogens is 1. The van der Waals surface area contributed by atoms with Gasteiger partial charge >= 0.3 is 0 Å². The minimum Gasteiger partial charge on any atom is -0.369 e. The Hall–Kier alpha value is -0.990. The Kier molecular flexibility index (Phi) is 1.79. The van der Waals surface area contributed by atoms with Gasteiger partial charge in [0.25, 0.3) is 0 Å². The molecule has 0 aromatic heterocycles. The van der Waals surface area contributed by atoms with Gasteiger partial charge in [-0.2, -0.15) is 0 Å². The monoisotopic (exact) mass is 181 g/mol. The van der Waals surface area contributed by atoms with Crippen molar-refractivity contribution < 1.29 is 5.11 Å². The van der Waals surface area contributed by atoms with E-state index in [1.54, 1.807) is 12.3 Å². The minimum atomic E-state index is -0.635. The highest BCUT2D eigenvalue weighted by Crippen LogP contribution is 2.24. The standard InChI is InChI=1S/C9H8ClNO/c10-7-2-1-6-3-4-11-9(12)8(6)5-7/h1-5,9,11-12H. The van der Waals surface area contributed by atoms with Crippen molar-refractivity contribution in [1.29, 1.82) is 0 Å². The van der Waals surface area contributed by atoms with Crippen molar-refractivity contribution in [2.24, 2.45) is 0 Å². The van der Waals surface area contributed by atoms with Gasteiger partial charge in [0.15, 0.2) is 6.23 Å². The number of rotatable bonds is 0. The third-order valence-corrected chi connectivity index (χ3v) is 2.10. The van der Waals surface area contributed by atoms with Gasteiger partial charge in [0.2, 0.25) is 0 Å². The van der Waals surface area contributed by atoms with E-state index in [0.29, 0.717) is 5.02 Å². The molecule has 1 atom stereocenters. The van der Waals surface area contributed by atoms with Crippen molar-refractivity contribution in [3.8, 4) is 0 Å². The molecule has 0 aliphatic carbocycles. The second-order valence-electron chi connectivity index (χ2n) is 2.68. The quantitative estimate of drug-likeness (QED) is 0.641.